The van der Waals surface area contributed by atoms with Crippen molar-refractivity contribution in [2.24, 2.45) is 5.73 Å². The van der Waals surface area contributed by atoms with Crippen LogP contribution in [-0.4, -0.2) is 19.4 Å². The number of aryl methyl sites for hydroxylation is 1. The predicted molar refractivity (Wildman–Crippen MR) is 64.2 cm³/mol. The van der Waals surface area contributed by atoms with Crippen LogP contribution in [0.2, 0.25) is 0 Å². The van der Waals surface area contributed by atoms with Gasteiger partial charge in [-0.3, -0.25) is 0 Å². The quantitative estimate of drug-likeness (QED) is 0.798. The number of hydrogen-bond donors (Lipinski definition) is 1. The highest BCUT2D eigenvalue weighted by molar-refractivity contribution is 5.24. The van der Waals surface area contributed by atoms with E-state index in [1.165, 1.54) is 5.56 Å². The van der Waals surface area contributed by atoms with Crippen molar-refractivity contribution in [3.63, 3.8) is 0 Å². The van der Waals surface area contributed by atoms with Crippen molar-refractivity contribution in [2.75, 3.05) is 13.2 Å². The molecule has 1 unspecified atom stereocenters. The lowest BCUT2D eigenvalue weighted by atomic mass is 10.0. The van der Waals surface area contributed by atoms with E-state index in [1.54, 1.807) is 0 Å². The van der Waals surface area contributed by atoms with Gasteiger partial charge in [-0.25, -0.2) is 0 Å². The van der Waals surface area contributed by atoms with Gasteiger partial charge in [0.25, 0.3) is 0 Å². The topological polar surface area (TPSA) is 35.2 Å². The summed E-state index contributed by atoms with van der Waals surface area (Å²) in [6.45, 7) is 0.852. The summed E-state index contributed by atoms with van der Waals surface area (Å²) in [4.78, 5) is 0. The largest absolute Gasteiger partial charge is 0.411 e. The van der Waals surface area contributed by atoms with Crippen LogP contribution in [0, 0.1) is 0 Å². The zero-order valence-electron chi connectivity index (χ0n) is 10.3. The van der Waals surface area contributed by atoms with Crippen LogP contribution >= 0.6 is 0 Å². The Kier molecular flexibility index (Phi) is 5.62. The van der Waals surface area contributed by atoms with Gasteiger partial charge in [0.2, 0.25) is 0 Å². The molecule has 0 amide bonds. The van der Waals surface area contributed by atoms with Crippen molar-refractivity contribution >= 4 is 0 Å². The van der Waals surface area contributed by atoms with Crippen LogP contribution in [0.4, 0.5) is 13.2 Å². The van der Waals surface area contributed by atoms with Gasteiger partial charge in [0.15, 0.2) is 0 Å². The highest BCUT2D eigenvalue weighted by atomic mass is 19.4. The number of benzene rings is 1. The summed E-state index contributed by atoms with van der Waals surface area (Å²) < 4.78 is 40.0. The Labute approximate surface area is 105 Å². The first-order chi connectivity index (χ1) is 8.42. The molecule has 0 aromatic heterocycles. The van der Waals surface area contributed by atoms with E-state index in [2.05, 4.69) is 11.7 Å². The molecule has 2 nitrogen and oxygen atoms in total. The highest BCUT2D eigenvalue weighted by Crippen LogP contribution is 2.17. The smallest absolute Gasteiger partial charge is 0.372 e. The molecule has 0 radical (unpaired) electrons. The molecule has 0 heterocycles. The summed E-state index contributed by atoms with van der Waals surface area (Å²) in [6, 6.07) is 7.49. The van der Waals surface area contributed by atoms with Crippen molar-refractivity contribution in [3.05, 3.63) is 35.4 Å². The summed E-state index contributed by atoms with van der Waals surface area (Å²) >= 11 is 0. The van der Waals surface area contributed by atoms with Crippen molar-refractivity contribution in [3.8, 4) is 0 Å². The third-order valence-corrected chi connectivity index (χ3v) is 2.66. The van der Waals surface area contributed by atoms with E-state index in [0.29, 0.717) is 6.42 Å². The Hall–Kier alpha value is -1.07. The van der Waals surface area contributed by atoms with E-state index in [0.717, 1.165) is 12.0 Å². The lowest BCUT2D eigenvalue weighted by Gasteiger charge is -2.13. The molecule has 0 aliphatic heterocycles. The fraction of sp³-hybridized carbons (Fsp3) is 0.538. The average Bonchev–Trinajstić information content (AvgIpc) is 2.33. The molecule has 1 atom stereocenters. The van der Waals surface area contributed by atoms with Crippen LogP contribution in [0.3, 0.4) is 0 Å². The molecule has 0 saturated carbocycles. The van der Waals surface area contributed by atoms with Crippen LogP contribution in [0.1, 0.15) is 30.5 Å². The van der Waals surface area contributed by atoms with E-state index in [1.807, 2.05) is 24.3 Å². The molecular weight excluding hydrogens is 243 g/mol. The molecule has 102 valence electrons. The van der Waals surface area contributed by atoms with Crippen LogP contribution in [0.15, 0.2) is 24.3 Å². The number of halogens is 3. The Balaban J connectivity index is 2.33. The van der Waals surface area contributed by atoms with Crippen LogP contribution in [0.25, 0.3) is 0 Å². The number of ether oxygens (including phenoxy) is 1. The van der Waals surface area contributed by atoms with Gasteiger partial charge < -0.3 is 10.5 Å². The van der Waals surface area contributed by atoms with E-state index in [9.17, 15) is 13.2 Å². The van der Waals surface area contributed by atoms with Crippen LogP contribution in [-0.2, 0) is 11.2 Å². The van der Waals surface area contributed by atoms with Crippen molar-refractivity contribution in [1.82, 2.24) is 0 Å². The molecular formula is C13H18F3NO. The molecule has 5 heteroatoms. The van der Waals surface area contributed by atoms with Crippen molar-refractivity contribution in [1.29, 1.82) is 0 Å². The Bertz CT molecular complexity index is 348. The summed E-state index contributed by atoms with van der Waals surface area (Å²) in [6.07, 6.45) is -2.95. The Morgan fingerprint density at radius 1 is 1.22 bits per heavy atom. The van der Waals surface area contributed by atoms with Crippen molar-refractivity contribution < 1.29 is 17.9 Å². The molecule has 1 aromatic carbocycles. The van der Waals surface area contributed by atoms with Gasteiger partial charge in [0, 0.05) is 12.6 Å². The van der Waals surface area contributed by atoms with Crippen LogP contribution in [0.5, 0.6) is 0 Å². The predicted octanol–water partition coefficient (Wildman–Crippen LogP) is 3.22. The van der Waals surface area contributed by atoms with Gasteiger partial charge >= 0.3 is 6.18 Å². The first-order valence-corrected chi connectivity index (χ1v) is 5.91. The molecule has 0 aliphatic rings. The monoisotopic (exact) mass is 261 g/mol. The van der Waals surface area contributed by atoms with Gasteiger partial charge in [-0.1, -0.05) is 31.2 Å². The van der Waals surface area contributed by atoms with E-state index in [-0.39, 0.29) is 12.6 Å². The molecule has 2 N–H and O–H groups in total. The summed E-state index contributed by atoms with van der Waals surface area (Å²) in [5.41, 5.74) is 8.00. The average molecular weight is 261 g/mol. The minimum atomic E-state index is -4.27. The number of hydrogen-bond acceptors (Lipinski definition) is 2. The first-order valence-electron chi connectivity index (χ1n) is 5.91. The minimum Gasteiger partial charge on any atom is -0.372 e. The van der Waals surface area contributed by atoms with Gasteiger partial charge in [-0.15, -0.1) is 0 Å². The summed E-state index contributed by atoms with van der Waals surface area (Å²) in [5.74, 6) is 0. The van der Waals surface area contributed by atoms with E-state index < -0.39 is 12.8 Å². The lowest BCUT2D eigenvalue weighted by molar-refractivity contribution is -0.174. The molecule has 1 rings (SSSR count). The van der Waals surface area contributed by atoms with Crippen LogP contribution < -0.4 is 5.73 Å². The number of alkyl halides is 3. The standard InChI is InChI=1S/C13H18F3NO/c1-2-10-3-5-11(6-4-10)12(17)7-8-18-9-13(14,15)16/h3-6,12H,2,7-9,17H2,1H3. The Morgan fingerprint density at radius 3 is 2.33 bits per heavy atom. The second kappa shape index (κ2) is 6.75. The zero-order chi connectivity index (χ0) is 13.6. The molecule has 0 fully saturated rings. The fourth-order valence-electron chi connectivity index (χ4n) is 1.57. The lowest BCUT2D eigenvalue weighted by Crippen LogP contribution is -2.19. The molecule has 0 aliphatic carbocycles. The molecule has 0 spiro atoms. The summed E-state index contributed by atoms with van der Waals surface area (Å²) in [7, 11) is 0. The molecule has 0 bridgehead atoms. The van der Waals surface area contributed by atoms with Gasteiger partial charge in [0.05, 0.1) is 0 Å². The van der Waals surface area contributed by atoms with Gasteiger partial charge in [-0.05, 0) is 24.0 Å². The van der Waals surface area contributed by atoms with E-state index in [4.69, 9.17) is 5.73 Å². The van der Waals surface area contributed by atoms with E-state index >= 15 is 0 Å². The highest BCUT2D eigenvalue weighted by Gasteiger charge is 2.27. The third kappa shape index (κ3) is 5.51. The normalized spacial score (nSPS) is 13.6. The number of nitrogens with two attached hydrogens (primary N) is 1. The number of rotatable bonds is 6. The maximum Gasteiger partial charge on any atom is 0.411 e. The van der Waals surface area contributed by atoms with Crippen molar-refractivity contribution in [2.45, 2.75) is 32.0 Å². The maximum atomic E-state index is 11.8. The summed E-state index contributed by atoms with van der Waals surface area (Å²) in [5, 5.41) is 0. The third-order valence-electron chi connectivity index (χ3n) is 2.66. The zero-order valence-corrected chi connectivity index (χ0v) is 10.3. The van der Waals surface area contributed by atoms with Gasteiger partial charge in [0.1, 0.15) is 6.61 Å². The second-order valence-electron chi connectivity index (χ2n) is 4.16. The molecule has 18 heavy (non-hydrogen) atoms. The second-order valence-corrected chi connectivity index (χ2v) is 4.16. The maximum absolute atomic E-state index is 11.8. The Morgan fingerprint density at radius 2 is 1.83 bits per heavy atom. The van der Waals surface area contributed by atoms with Gasteiger partial charge in [-0.2, -0.15) is 13.2 Å². The first kappa shape index (κ1) is 15.0. The SMILES string of the molecule is CCc1ccc(C(N)CCOCC(F)(F)F)cc1. The fourth-order valence-corrected chi connectivity index (χ4v) is 1.57. The minimum absolute atomic E-state index is 0.0101. The molecule has 1 aromatic rings. The molecule has 0 saturated heterocycles.